The number of anilines is 2. The summed E-state index contributed by atoms with van der Waals surface area (Å²) in [5.74, 6) is -0.593. The molecule has 33 heavy (non-hydrogen) atoms. The Morgan fingerprint density at radius 3 is 2.52 bits per heavy atom. The number of benzene rings is 3. The van der Waals surface area contributed by atoms with Crippen LogP contribution in [0.25, 0.3) is 11.0 Å². The Hall–Kier alpha value is -4.51. The number of nitrogens with zero attached hydrogens (tertiary/aromatic N) is 1. The molecule has 2 N–H and O–H groups in total. The fourth-order valence-corrected chi connectivity index (χ4v) is 4.21. The Bertz CT molecular complexity index is 1560. The van der Waals surface area contributed by atoms with E-state index < -0.39 is 26.5 Å². The summed E-state index contributed by atoms with van der Waals surface area (Å²) in [5.41, 5.74) is -0.0944. The van der Waals surface area contributed by atoms with Gasteiger partial charge in [-0.15, -0.1) is 0 Å². The number of hydrogen-bond acceptors (Lipinski definition) is 7. The number of amides is 1. The van der Waals surface area contributed by atoms with Gasteiger partial charge in [-0.25, -0.2) is 13.2 Å². The third-order valence-corrected chi connectivity index (χ3v) is 6.00. The van der Waals surface area contributed by atoms with E-state index in [0.29, 0.717) is 16.7 Å². The third-order valence-electron chi connectivity index (χ3n) is 4.63. The monoisotopic (exact) mass is 465 g/mol. The molecule has 1 aromatic heterocycles. The predicted molar refractivity (Wildman–Crippen MR) is 121 cm³/mol. The molecule has 0 radical (unpaired) electrons. The van der Waals surface area contributed by atoms with Gasteiger partial charge in [-0.1, -0.05) is 18.2 Å². The van der Waals surface area contributed by atoms with E-state index in [9.17, 15) is 28.1 Å². The molecule has 0 fully saturated rings. The zero-order valence-corrected chi connectivity index (χ0v) is 17.5. The van der Waals surface area contributed by atoms with E-state index in [1.54, 1.807) is 30.3 Å². The highest BCUT2D eigenvalue weighted by Crippen LogP contribution is 2.24. The van der Waals surface area contributed by atoms with Gasteiger partial charge in [0.1, 0.15) is 5.58 Å². The highest BCUT2D eigenvalue weighted by atomic mass is 32.2. The van der Waals surface area contributed by atoms with Crippen LogP contribution in [-0.2, 0) is 10.0 Å². The summed E-state index contributed by atoms with van der Waals surface area (Å²) in [5, 5.41) is 14.2. The van der Waals surface area contributed by atoms with Crippen LogP contribution in [0.15, 0.2) is 93.0 Å². The van der Waals surface area contributed by atoms with Crippen LogP contribution in [0.2, 0.25) is 0 Å². The second-order valence-corrected chi connectivity index (χ2v) is 8.55. The Labute approximate surface area is 186 Å². The minimum Gasteiger partial charge on any atom is -0.423 e. The highest BCUT2D eigenvalue weighted by Gasteiger charge is 2.21. The van der Waals surface area contributed by atoms with Crippen LogP contribution in [0.1, 0.15) is 10.4 Å². The van der Waals surface area contributed by atoms with Crippen molar-refractivity contribution in [2.24, 2.45) is 0 Å². The summed E-state index contributed by atoms with van der Waals surface area (Å²) in [7, 11) is -4.21. The molecule has 0 unspecified atom stereocenters. The number of hydrogen-bond donors (Lipinski definition) is 2. The lowest BCUT2D eigenvalue weighted by Crippen LogP contribution is -2.18. The number of carbonyl (C=O) groups excluding carboxylic acids is 1. The number of non-ortho nitro benzene ring substituents is 1. The second kappa shape index (κ2) is 8.55. The van der Waals surface area contributed by atoms with Crippen LogP contribution < -0.4 is 15.7 Å². The number of nitro groups is 1. The van der Waals surface area contributed by atoms with E-state index in [0.717, 1.165) is 6.07 Å². The molecule has 10 nitrogen and oxygen atoms in total. The molecule has 4 rings (SSSR count). The molecule has 0 spiro atoms. The minimum atomic E-state index is -4.21. The largest absolute Gasteiger partial charge is 0.423 e. The van der Waals surface area contributed by atoms with Crippen LogP contribution in [-0.4, -0.2) is 19.2 Å². The quantitative estimate of drug-likeness (QED) is 0.250. The van der Waals surface area contributed by atoms with Crippen molar-refractivity contribution in [3.05, 3.63) is 105 Å². The molecule has 0 aliphatic heterocycles. The normalized spacial score (nSPS) is 11.2. The molecule has 0 atom stereocenters. The zero-order chi connectivity index (χ0) is 23.6. The first-order chi connectivity index (χ1) is 15.7. The molecule has 4 aromatic rings. The van der Waals surface area contributed by atoms with Crippen LogP contribution in [0, 0.1) is 10.1 Å². The van der Waals surface area contributed by atoms with Crippen molar-refractivity contribution in [2.75, 3.05) is 10.0 Å². The van der Waals surface area contributed by atoms with E-state index in [4.69, 9.17) is 4.42 Å². The number of carbonyl (C=O) groups is 1. The van der Waals surface area contributed by atoms with Crippen molar-refractivity contribution in [3.63, 3.8) is 0 Å². The number of nitro benzene ring substituents is 1. The molecule has 11 heteroatoms. The second-order valence-electron chi connectivity index (χ2n) is 6.87. The lowest BCUT2D eigenvalue weighted by atomic mass is 10.1. The van der Waals surface area contributed by atoms with E-state index in [2.05, 4.69) is 10.0 Å². The smallest absolute Gasteiger partial charge is 0.336 e. The molecule has 166 valence electrons. The van der Waals surface area contributed by atoms with Gasteiger partial charge in [0, 0.05) is 29.3 Å². The van der Waals surface area contributed by atoms with Gasteiger partial charge in [0.2, 0.25) is 0 Å². The molecule has 3 aromatic carbocycles. The molecular weight excluding hydrogens is 450 g/mol. The number of rotatable bonds is 6. The Kier molecular flexibility index (Phi) is 5.63. The van der Waals surface area contributed by atoms with E-state index >= 15 is 0 Å². The van der Waals surface area contributed by atoms with Crippen molar-refractivity contribution < 1.29 is 22.6 Å². The fraction of sp³-hybridized carbons (Fsp3) is 0. The SMILES string of the molecule is O=C(Nc1ccc2oc(=O)ccc2c1)c1ccccc1NS(=O)(=O)c1cccc([N+](=O)[O-])c1. The van der Waals surface area contributed by atoms with Crippen molar-refractivity contribution in [1.29, 1.82) is 0 Å². The molecule has 0 bridgehead atoms. The maximum Gasteiger partial charge on any atom is 0.336 e. The van der Waals surface area contributed by atoms with Gasteiger partial charge in [0.25, 0.3) is 21.6 Å². The maximum atomic E-state index is 12.9. The van der Waals surface area contributed by atoms with Crippen LogP contribution in [0.4, 0.5) is 17.1 Å². The predicted octanol–water partition coefficient (Wildman–Crippen LogP) is 3.75. The molecule has 0 aliphatic carbocycles. The lowest BCUT2D eigenvalue weighted by Gasteiger charge is -2.13. The Balaban J connectivity index is 1.61. The lowest BCUT2D eigenvalue weighted by molar-refractivity contribution is -0.385. The fourth-order valence-electron chi connectivity index (χ4n) is 3.09. The van der Waals surface area contributed by atoms with Crippen molar-refractivity contribution in [1.82, 2.24) is 0 Å². The van der Waals surface area contributed by atoms with Crippen molar-refractivity contribution in [3.8, 4) is 0 Å². The van der Waals surface area contributed by atoms with Gasteiger partial charge in [-0.2, -0.15) is 0 Å². The Morgan fingerprint density at radius 2 is 1.73 bits per heavy atom. The van der Waals surface area contributed by atoms with Crippen LogP contribution in [0.5, 0.6) is 0 Å². The number of sulfonamides is 1. The first-order valence-electron chi connectivity index (χ1n) is 9.44. The van der Waals surface area contributed by atoms with Crippen LogP contribution >= 0.6 is 0 Å². The van der Waals surface area contributed by atoms with Gasteiger partial charge >= 0.3 is 5.63 Å². The molecule has 0 saturated heterocycles. The topological polar surface area (TPSA) is 149 Å². The van der Waals surface area contributed by atoms with E-state index in [1.165, 1.54) is 42.5 Å². The summed E-state index contributed by atoms with van der Waals surface area (Å²) in [4.78, 5) is 34.1. The average Bonchev–Trinajstić information content (AvgIpc) is 2.79. The summed E-state index contributed by atoms with van der Waals surface area (Å²) >= 11 is 0. The number of para-hydroxylation sites is 1. The zero-order valence-electron chi connectivity index (χ0n) is 16.7. The molecule has 1 amide bonds. The standard InChI is InChI=1S/C22H15N3O7S/c26-21-11-8-14-12-15(9-10-20(14)32-21)23-22(27)18-6-1-2-7-19(18)24-33(30,31)17-5-3-4-16(13-17)25(28)29/h1-13,24H,(H,23,27). The summed E-state index contributed by atoms with van der Waals surface area (Å²) < 4.78 is 32.9. The van der Waals surface area contributed by atoms with E-state index in [-0.39, 0.29) is 21.8 Å². The summed E-state index contributed by atoms with van der Waals surface area (Å²) in [6.45, 7) is 0. The molecule has 1 heterocycles. The first-order valence-corrected chi connectivity index (χ1v) is 10.9. The molecular formula is C22H15N3O7S. The van der Waals surface area contributed by atoms with Crippen molar-refractivity contribution in [2.45, 2.75) is 4.90 Å². The summed E-state index contributed by atoms with van der Waals surface area (Å²) in [6, 6.07) is 18.0. The van der Waals surface area contributed by atoms with Gasteiger partial charge in [-0.05, 0) is 42.5 Å². The Morgan fingerprint density at radius 1 is 0.939 bits per heavy atom. The number of fused-ring (bicyclic) bond motifs is 1. The number of nitrogens with one attached hydrogen (secondary N) is 2. The molecule has 0 aliphatic rings. The van der Waals surface area contributed by atoms with Gasteiger partial charge < -0.3 is 9.73 Å². The minimum absolute atomic E-state index is 0.00621. The maximum absolute atomic E-state index is 12.9. The van der Waals surface area contributed by atoms with Crippen molar-refractivity contribution >= 4 is 44.0 Å². The third kappa shape index (κ3) is 4.72. The highest BCUT2D eigenvalue weighted by molar-refractivity contribution is 7.92. The van der Waals surface area contributed by atoms with Gasteiger partial charge in [0.15, 0.2) is 0 Å². The summed E-state index contributed by atoms with van der Waals surface area (Å²) in [6.07, 6.45) is 0. The molecule has 0 saturated carbocycles. The first kappa shape index (κ1) is 21.7. The van der Waals surface area contributed by atoms with Gasteiger partial charge in [0.05, 0.1) is 21.1 Å². The van der Waals surface area contributed by atoms with E-state index in [1.807, 2.05) is 0 Å². The van der Waals surface area contributed by atoms with Gasteiger partial charge in [-0.3, -0.25) is 19.6 Å². The van der Waals surface area contributed by atoms with Crippen LogP contribution in [0.3, 0.4) is 0 Å². The average molecular weight is 465 g/mol.